The van der Waals surface area contributed by atoms with Crippen molar-refractivity contribution in [3.8, 4) is 0 Å². The van der Waals surface area contributed by atoms with Gasteiger partial charge in [-0.1, -0.05) is 0 Å². The topological polar surface area (TPSA) is 69.6 Å². The molecule has 5 nitrogen and oxygen atoms in total. The zero-order chi connectivity index (χ0) is 10.8. The minimum atomic E-state index is 0.724. The molecule has 2 aromatic rings. The van der Waals surface area contributed by atoms with Crippen LogP contribution in [0.4, 0.5) is 5.69 Å². The lowest BCUT2D eigenvalue weighted by Gasteiger charge is -2.03. The Bertz CT molecular complexity index is 484. The van der Waals surface area contributed by atoms with Gasteiger partial charge in [0.15, 0.2) is 0 Å². The highest BCUT2D eigenvalue weighted by Crippen LogP contribution is 2.32. The maximum Gasteiger partial charge on any atom is 0.213 e. The van der Waals surface area contributed by atoms with Crippen LogP contribution in [-0.2, 0) is 7.05 Å². The third-order valence-electron chi connectivity index (χ3n) is 1.74. The zero-order valence-corrected chi connectivity index (χ0v) is 10.3. The van der Waals surface area contributed by atoms with Crippen LogP contribution in [-0.4, -0.2) is 20.2 Å². The molecule has 0 saturated heterocycles. The number of hydrogen-bond donors (Lipinski definition) is 1. The second kappa shape index (κ2) is 4.19. The van der Waals surface area contributed by atoms with E-state index < -0.39 is 0 Å². The van der Waals surface area contributed by atoms with Gasteiger partial charge in [0.2, 0.25) is 5.16 Å². The highest BCUT2D eigenvalue weighted by atomic mass is 79.9. The summed E-state index contributed by atoms with van der Waals surface area (Å²) in [4.78, 5) is 1.03. The van der Waals surface area contributed by atoms with Gasteiger partial charge in [0.05, 0.1) is 0 Å². The van der Waals surface area contributed by atoms with Crippen molar-refractivity contribution in [1.82, 2.24) is 20.2 Å². The maximum atomic E-state index is 5.65. The summed E-state index contributed by atoms with van der Waals surface area (Å²) in [7, 11) is 1.80. The van der Waals surface area contributed by atoms with Crippen LogP contribution >= 0.6 is 27.7 Å². The molecule has 1 aromatic heterocycles. The van der Waals surface area contributed by atoms with Gasteiger partial charge in [-0.05, 0) is 56.3 Å². The lowest BCUT2D eigenvalue weighted by atomic mass is 10.3. The number of benzene rings is 1. The number of rotatable bonds is 2. The molecule has 0 aliphatic heterocycles. The Morgan fingerprint density at radius 3 is 2.87 bits per heavy atom. The van der Waals surface area contributed by atoms with Gasteiger partial charge in [0.1, 0.15) is 0 Å². The number of nitrogens with two attached hydrogens (primary N) is 1. The highest BCUT2D eigenvalue weighted by Gasteiger charge is 2.07. The van der Waals surface area contributed by atoms with E-state index in [0.29, 0.717) is 0 Å². The summed E-state index contributed by atoms with van der Waals surface area (Å²) >= 11 is 4.92. The quantitative estimate of drug-likeness (QED) is 0.851. The molecule has 0 radical (unpaired) electrons. The summed E-state index contributed by atoms with van der Waals surface area (Å²) in [5.74, 6) is 0. The summed E-state index contributed by atoms with van der Waals surface area (Å²) in [5.41, 5.74) is 6.37. The Labute approximate surface area is 99.2 Å². The van der Waals surface area contributed by atoms with E-state index in [4.69, 9.17) is 5.73 Å². The van der Waals surface area contributed by atoms with Gasteiger partial charge in [0, 0.05) is 22.1 Å². The Morgan fingerprint density at radius 1 is 1.47 bits per heavy atom. The third-order valence-corrected chi connectivity index (χ3v) is 3.76. The lowest BCUT2D eigenvalue weighted by Crippen LogP contribution is -1.93. The van der Waals surface area contributed by atoms with Crippen LogP contribution in [0.15, 0.2) is 32.7 Å². The number of nitrogens with zero attached hydrogens (tertiary/aromatic N) is 4. The molecule has 0 amide bonds. The molecule has 1 aromatic carbocycles. The van der Waals surface area contributed by atoms with Crippen molar-refractivity contribution < 1.29 is 0 Å². The molecule has 0 spiro atoms. The summed E-state index contributed by atoms with van der Waals surface area (Å²) in [6, 6.07) is 5.63. The monoisotopic (exact) mass is 285 g/mol. The minimum absolute atomic E-state index is 0.724. The minimum Gasteiger partial charge on any atom is -0.399 e. The van der Waals surface area contributed by atoms with Crippen molar-refractivity contribution in [3.63, 3.8) is 0 Å². The lowest BCUT2D eigenvalue weighted by molar-refractivity contribution is 0.664. The number of tetrazole rings is 1. The van der Waals surface area contributed by atoms with Crippen molar-refractivity contribution in [2.45, 2.75) is 10.1 Å². The fraction of sp³-hybridized carbons (Fsp3) is 0.125. The SMILES string of the molecule is Cn1nnnc1Sc1ccc(N)cc1Br. The van der Waals surface area contributed by atoms with E-state index in [2.05, 4.69) is 31.5 Å². The molecule has 0 aliphatic rings. The van der Waals surface area contributed by atoms with Gasteiger partial charge in [-0.3, -0.25) is 0 Å². The Hall–Kier alpha value is -1.08. The Morgan fingerprint density at radius 2 is 2.27 bits per heavy atom. The van der Waals surface area contributed by atoms with E-state index in [1.165, 1.54) is 11.8 Å². The van der Waals surface area contributed by atoms with Crippen molar-refractivity contribution in [3.05, 3.63) is 22.7 Å². The van der Waals surface area contributed by atoms with Gasteiger partial charge < -0.3 is 5.73 Å². The molecule has 15 heavy (non-hydrogen) atoms. The van der Waals surface area contributed by atoms with Crippen LogP contribution < -0.4 is 5.73 Å². The molecule has 0 aliphatic carbocycles. The largest absolute Gasteiger partial charge is 0.399 e. The van der Waals surface area contributed by atoms with E-state index >= 15 is 0 Å². The molecular weight excluding hydrogens is 278 g/mol. The fourth-order valence-electron chi connectivity index (χ4n) is 1.01. The first kappa shape index (κ1) is 10.4. The van der Waals surface area contributed by atoms with E-state index in [9.17, 15) is 0 Å². The zero-order valence-electron chi connectivity index (χ0n) is 7.88. The van der Waals surface area contributed by atoms with E-state index in [-0.39, 0.29) is 0 Å². The predicted molar refractivity (Wildman–Crippen MR) is 61.5 cm³/mol. The average molecular weight is 286 g/mol. The molecule has 0 fully saturated rings. The van der Waals surface area contributed by atoms with Crippen LogP contribution in [0.5, 0.6) is 0 Å². The first-order valence-corrected chi connectivity index (χ1v) is 5.73. The Balaban J connectivity index is 2.29. The fourth-order valence-corrected chi connectivity index (χ4v) is 2.38. The van der Waals surface area contributed by atoms with Gasteiger partial charge in [0.25, 0.3) is 0 Å². The smallest absolute Gasteiger partial charge is 0.213 e. The van der Waals surface area contributed by atoms with E-state index in [1.54, 1.807) is 11.7 Å². The molecule has 2 rings (SSSR count). The predicted octanol–water partition coefficient (Wildman–Crippen LogP) is 1.71. The van der Waals surface area contributed by atoms with Crippen LogP contribution in [0.2, 0.25) is 0 Å². The molecule has 7 heteroatoms. The van der Waals surface area contributed by atoms with E-state index in [1.807, 2.05) is 18.2 Å². The maximum absolute atomic E-state index is 5.65. The van der Waals surface area contributed by atoms with Crippen molar-refractivity contribution in [2.75, 3.05) is 5.73 Å². The summed E-state index contributed by atoms with van der Waals surface area (Å²) in [5, 5.41) is 11.9. The van der Waals surface area contributed by atoms with Crippen LogP contribution in [0.3, 0.4) is 0 Å². The van der Waals surface area contributed by atoms with Crippen LogP contribution in [0, 0.1) is 0 Å². The number of aryl methyl sites for hydroxylation is 1. The molecule has 0 unspecified atom stereocenters. The summed E-state index contributed by atoms with van der Waals surface area (Å²) < 4.78 is 2.56. The molecular formula is C8H8BrN5S. The summed E-state index contributed by atoms with van der Waals surface area (Å²) in [6.07, 6.45) is 0. The first-order valence-electron chi connectivity index (χ1n) is 4.12. The standard InChI is InChI=1S/C8H8BrN5S/c1-14-8(11-12-13-14)15-7-3-2-5(10)4-6(7)9/h2-4H,10H2,1H3. The average Bonchev–Trinajstić information content (AvgIpc) is 2.57. The number of hydrogen-bond acceptors (Lipinski definition) is 5. The van der Waals surface area contributed by atoms with Gasteiger partial charge >= 0.3 is 0 Å². The normalized spacial score (nSPS) is 10.5. The summed E-state index contributed by atoms with van der Waals surface area (Å²) in [6.45, 7) is 0. The second-order valence-electron chi connectivity index (χ2n) is 2.88. The van der Waals surface area contributed by atoms with Crippen molar-refractivity contribution in [2.24, 2.45) is 7.05 Å². The van der Waals surface area contributed by atoms with Crippen molar-refractivity contribution in [1.29, 1.82) is 0 Å². The van der Waals surface area contributed by atoms with Crippen LogP contribution in [0.25, 0.3) is 0 Å². The molecule has 0 atom stereocenters. The highest BCUT2D eigenvalue weighted by molar-refractivity contribution is 9.10. The first-order chi connectivity index (χ1) is 7.16. The van der Waals surface area contributed by atoms with Gasteiger partial charge in [-0.15, -0.1) is 5.10 Å². The van der Waals surface area contributed by atoms with Gasteiger partial charge in [-0.2, -0.15) is 0 Å². The second-order valence-corrected chi connectivity index (χ2v) is 4.74. The molecule has 0 bridgehead atoms. The Kier molecular flexibility index (Phi) is 2.92. The molecule has 78 valence electrons. The number of halogens is 1. The van der Waals surface area contributed by atoms with Crippen molar-refractivity contribution >= 4 is 33.4 Å². The van der Waals surface area contributed by atoms with E-state index in [0.717, 1.165) is 20.2 Å². The third kappa shape index (κ3) is 2.29. The number of anilines is 1. The van der Waals surface area contributed by atoms with Crippen LogP contribution in [0.1, 0.15) is 0 Å². The molecule has 1 heterocycles. The van der Waals surface area contributed by atoms with Gasteiger partial charge in [-0.25, -0.2) is 4.68 Å². The molecule has 0 saturated carbocycles. The number of aromatic nitrogens is 4. The number of nitrogen functional groups attached to an aromatic ring is 1. The molecule has 2 N–H and O–H groups in total.